The van der Waals surface area contributed by atoms with Crippen LogP contribution in [-0.2, 0) is 9.84 Å². The Morgan fingerprint density at radius 1 is 1.29 bits per heavy atom. The fourth-order valence-corrected chi connectivity index (χ4v) is 4.35. The van der Waals surface area contributed by atoms with Crippen LogP contribution in [0.2, 0.25) is 5.28 Å². The molecule has 7 nitrogen and oxygen atoms in total. The van der Waals surface area contributed by atoms with Crippen LogP contribution in [0.4, 0.5) is 11.9 Å². The average molecular weight is 334 g/mol. The van der Waals surface area contributed by atoms with Gasteiger partial charge in [-0.15, -0.1) is 0 Å². The van der Waals surface area contributed by atoms with Gasteiger partial charge < -0.3 is 10.2 Å². The second kappa shape index (κ2) is 6.74. The largest absolute Gasteiger partial charge is 0.354 e. The molecule has 1 aliphatic rings. The average Bonchev–Trinajstić information content (AvgIpc) is 2.77. The van der Waals surface area contributed by atoms with Crippen molar-refractivity contribution < 1.29 is 8.42 Å². The Hall–Kier alpha value is -1.15. The summed E-state index contributed by atoms with van der Waals surface area (Å²) in [6.45, 7) is 6.10. The predicted molar refractivity (Wildman–Crippen MR) is 83.6 cm³/mol. The number of rotatable bonds is 6. The molecule has 21 heavy (non-hydrogen) atoms. The number of sulfone groups is 1. The lowest BCUT2D eigenvalue weighted by molar-refractivity contribution is 0.595. The molecule has 118 valence electrons. The summed E-state index contributed by atoms with van der Waals surface area (Å²) in [5.41, 5.74) is 0. The van der Waals surface area contributed by atoms with Crippen LogP contribution >= 0.6 is 11.6 Å². The lowest BCUT2D eigenvalue weighted by atomic mass is 10.1. The highest BCUT2D eigenvalue weighted by molar-refractivity contribution is 7.91. The van der Waals surface area contributed by atoms with Crippen molar-refractivity contribution in [2.24, 2.45) is 5.92 Å². The van der Waals surface area contributed by atoms with Crippen molar-refractivity contribution in [3.63, 3.8) is 0 Å². The highest BCUT2D eigenvalue weighted by Gasteiger charge is 2.27. The summed E-state index contributed by atoms with van der Waals surface area (Å²) in [5, 5.41) is 3.20. The minimum absolute atomic E-state index is 0.0995. The van der Waals surface area contributed by atoms with E-state index in [0.717, 1.165) is 13.1 Å². The van der Waals surface area contributed by atoms with E-state index >= 15 is 0 Å². The van der Waals surface area contributed by atoms with Gasteiger partial charge in [0, 0.05) is 19.6 Å². The fraction of sp³-hybridized carbons (Fsp3) is 0.750. The van der Waals surface area contributed by atoms with E-state index < -0.39 is 9.84 Å². The molecule has 1 unspecified atom stereocenters. The Bertz CT molecular complexity index is 591. The molecule has 1 saturated heterocycles. The van der Waals surface area contributed by atoms with Crippen molar-refractivity contribution in [2.45, 2.75) is 20.3 Å². The van der Waals surface area contributed by atoms with Crippen molar-refractivity contribution in [3.8, 4) is 0 Å². The van der Waals surface area contributed by atoms with Gasteiger partial charge >= 0.3 is 0 Å². The van der Waals surface area contributed by atoms with E-state index in [9.17, 15) is 8.42 Å². The molecule has 0 aliphatic carbocycles. The van der Waals surface area contributed by atoms with E-state index in [2.05, 4.69) is 20.3 Å². The van der Waals surface area contributed by atoms with Crippen molar-refractivity contribution in [3.05, 3.63) is 5.28 Å². The Morgan fingerprint density at radius 2 is 2.00 bits per heavy atom. The van der Waals surface area contributed by atoms with Gasteiger partial charge in [-0.1, -0.05) is 0 Å². The standard InChI is InChI=1S/C12H20ClN5O2S/c1-3-18(4-2)12-16-10(13)15-11(17-12)14-7-9-5-6-21(19,20)8-9/h9H,3-8H2,1-2H3,(H,14,15,16,17). The molecule has 1 fully saturated rings. The molecule has 1 aromatic rings. The zero-order chi connectivity index (χ0) is 15.5. The quantitative estimate of drug-likeness (QED) is 0.837. The number of hydrogen-bond acceptors (Lipinski definition) is 7. The highest BCUT2D eigenvalue weighted by atomic mass is 35.5. The van der Waals surface area contributed by atoms with Crippen molar-refractivity contribution >= 4 is 33.3 Å². The molecule has 0 radical (unpaired) electrons. The maximum absolute atomic E-state index is 11.4. The summed E-state index contributed by atoms with van der Waals surface area (Å²) in [5.74, 6) is 1.51. The SMILES string of the molecule is CCN(CC)c1nc(Cl)nc(NCC2CCS(=O)(=O)C2)n1. The number of halogens is 1. The number of nitrogens with zero attached hydrogens (tertiary/aromatic N) is 4. The smallest absolute Gasteiger partial charge is 0.231 e. The maximum Gasteiger partial charge on any atom is 0.231 e. The Labute approximate surface area is 130 Å². The Kier molecular flexibility index (Phi) is 5.21. The zero-order valence-corrected chi connectivity index (χ0v) is 13.8. The molecule has 0 bridgehead atoms. The number of anilines is 2. The molecule has 1 aromatic heterocycles. The van der Waals surface area contributed by atoms with E-state index in [4.69, 9.17) is 11.6 Å². The molecule has 0 amide bonds. The highest BCUT2D eigenvalue weighted by Crippen LogP contribution is 2.19. The summed E-state index contributed by atoms with van der Waals surface area (Å²) in [6.07, 6.45) is 0.678. The molecule has 1 N–H and O–H groups in total. The van der Waals surface area contributed by atoms with E-state index in [1.54, 1.807) is 0 Å². The first-order valence-electron chi connectivity index (χ1n) is 7.04. The monoisotopic (exact) mass is 333 g/mol. The molecule has 2 heterocycles. The third-order valence-electron chi connectivity index (χ3n) is 3.52. The minimum Gasteiger partial charge on any atom is -0.354 e. The molecular formula is C12H20ClN5O2S. The van der Waals surface area contributed by atoms with Gasteiger partial charge in [-0.2, -0.15) is 15.0 Å². The van der Waals surface area contributed by atoms with Gasteiger partial charge in [0.05, 0.1) is 11.5 Å². The van der Waals surface area contributed by atoms with Gasteiger partial charge in [-0.25, -0.2) is 8.42 Å². The maximum atomic E-state index is 11.4. The normalized spacial score (nSPS) is 20.4. The second-order valence-electron chi connectivity index (χ2n) is 5.05. The first-order valence-corrected chi connectivity index (χ1v) is 9.24. The van der Waals surface area contributed by atoms with Gasteiger partial charge in [0.1, 0.15) is 0 Å². The lowest BCUT2D eigenvalue weighted by Gasteiger charge is -2.19. The van der Waals surface area contributed by atoms with Crippen molar-refractivity contribution in [1.29, 1.82) is 0 Å². The van der Waals surface area contributed by atoms with Crippen LogP contribution in [0.15, 0.2) is 0 Å². The number of nitrogens with one attached hydrogen (secondary N) is 1. The third kappa shape index (κ3) is 4.41. The first-order chi connectivity index (χ1) is 9.93. The van der Waals surface area contributed by atoms with E-state index in [1.807, 2.05) is 18.7 Å². The van der Waals surface area contributed by atoms with Gasteiger partial charge in [0.2, 0.25) is 17.2 Å². The van der Waals surface area contributed by atoms with Crippen LogP contribution in [0.5, 0.6) is 0 Å². The Balaban J connectivity index is 2.03. The van der Waals surface area contributed by atoms with Gasteiger partial charge in [0.15, 0.2) is 9.84 Å². The van der Waals surface area contributed by atoms with Crippen LogP contribution in [-0.4, -0.2) is 54.5 Å². The summed E-state index contributed by atoms with van der Waals surface area (Å²) in [4.78, 5) is 14.5. The zero-order valence-electron chi connectivity index (χ0n) is 12.2. The van der Waals surface area contributed by atoms with Crippen molar-refractivity contribution in [2.75, 3.05) is 41.4 Å². The third-order valence-corrected chi connectivity index (χ3v) is 5.52. The van der Waals surface area contributed by atoms with Crippen LogP contribution in [0.1, 0.15) is 20.3 Å². The molecule has 9 heteroatoms. The Morgan fingerprint density at radius 3 is 2.57 bits per heavy atom. The summed E-state index contributed by atoms with van der Waals surface area (Å²) >= 11 is 5.92. The van der Waals surface area contributed by atoms with Gasteiger partial charge in [-0.3, -0.25) is 0 Å². The molecule has 0 saturated carbocycles. The molecule has 1 atom stereocenters. The summed E-state index contributed by atoms with van der Waals surface area (Å²) in [7, 11) is -2.86. The molecule has 0 spiro atoms. The topological polar surface area (TPSA) is 88.1 Å². The molecule has 1 aliphatic heterocycles. The van der Waals surface area contributed by atoms with E-state index in [0.29, 0.717) is 24.9 Å². The number of aromatic nitrogens is 3. The van der Waals surface area contributed by atoms with E-state index in [-0.39, 0.29) is 22.7 Å². The lowest BCUT2D eigenvalue weighted by Crippen LogP contribution is -2.25. The first kappa shape index (κ1) is 16.2. The summed E-state index contributed by atoms with van der Waals surface area (Å²) < 4.78 is 22.9. The molecule has 2 rings (SSSR count). The van der Waals surface area contributed by atoms with Gasteiger partial charge in [0.25, 0.3) is 0 Å². The number of hydrogen-bond donors (Lipinski definition) is 1. The molecular weight excluding hydrogens is 314 g/mol. The predicted octanol–water partition coefficient (Wildman–Crippen LogP) is 1.22. The summed E-state index contributed by atoms with van der Waals surface area (Å²) in [6, 6.07) is 0. The van der Waals surface area contributed by atoms with Crippen LogP contribution in [0.25, 0.3) is 0 Å². The van der Waals surface area contributed by atoms with E-state index in [1.165, 1.54) is 0 Å². The molecule has 0 aromatic carbocycles. The second-order valence-corrected chi connectivity index (χ2v) is 7.62. The minimum atomic E-state index is -2.86. The van der Waals surface area contributed by atoms with Crippen molar-refractivity contribution in [1.82, 2.24) is 15.0 Å². The van der Waals surface area contributed by atoms with Crippen LogP contribution in [0, 0.1) is 5.92 Å². The van der Waals surface area contributed by atoms with Gasteiger partial charge in [-0.05, 0) is 37.8 Å². The van der Waals surface area contributed by atoms with Crippen LogP contribution in [0.3, 0.4) is 0 Å². The fourth-order valence-electron chi connectivity index (χ4n) is 2.34. The van der Waals surface area contributed by atoms with Crippen LogP contribution < -0.4 is 10.2 Å².